The number of H-pyrrole nitrogens is 1. The Morgan fingerprint density at radius 1 is 0.931 bits per heavy atom. The van der Waals surface area contributed by atoms with Crippen LogP contribution in [0.25, 0.3) is 21.8 Å². The maximum absolute atomic E-state index is 10.4. The minimum Gasteiger partial charge on any atom is -0.744 e. The predicted octanol–water partition coefficient (Wildman–Crippen LogP) is 0.842. The first-order valence-corrected chi connectivity index (χ1v) is 9.20. The van der Waals surface area contributed by atoms with E-state index in [4.69, 9.17) is 5.11 Å². The molecule has 0 bridgehead atoms. The fourth-order valence-electron chi connectivity index (χ4n) is 2.50. The third-order valence-corrected chi connectivity index (χ3v) is 4.65. The summed E-state index contributed by atoms with van der Waals surface area (Å²) in [6, 6.07) is 16.4. The number of carbonyl (C=O) groups is 1. The molecule has 4 rings (SSSR count). The third kappa shape index (κ3) is 5.53. The Balaban J connectivity index is 0.000000272. The highest BCUT2D eigenvalue weighted by atomic mass is 32.2. The summed E-state index contributed by atoms with van der Waals surface area (Å²) in [4.78, 5) is 17.5. The molecule has 9 nitrogen and oxygen atoms in total. The Labute approximate surface area is 165 Å². The fraction of sp³-hybridized carbons (Fsp3) is 0. The first-order valence-electron chi connectivity index (χ1n) is 7.80. The predicted molar refractivity (Wildman–Crippen MR) is 104 cm³/mol. The van der Waals surface area contributed by atoms with Crippen LogP contribution in [0.3, 0.4) is 0 Å². The molecule has 10 heteroatoms. The number of rotatable bonds is 2. The highest BCUT2D eigenvalue weighted by Crippen LogP contribution is 2.18. The van der Waals surface area contributed by atoms with Crippen molar-refractivity contribution in [3.8, 4) is 0 Å². The topological polar surface area (TPSA) is 185 Å². The second-order valence-electron chi connectivity index (χ2n) is 5.56. The van der Waals surface area contributed by atoms with Crippen molar-refractivity contribution in [1.29, 1.82) is 0 Å². The van der Waals surface area contributed by atoms with Crippen LogP contribution in [0, 0.1) is 0 Å². The van der Waals surface area contributed by atoms with E-state index >= 15 is 0 Å². The maximum Gasteiger partial charge on any atom is 0.335 e. The van der Waals surface area contributed by atoms with E-state index in [1.807, 2.05) is 24.5 Å². The van der Waals surface area contributed by atoms with E-state index in [0.29, 0.717) is 0 Å². The number of carboxylic acid groups (broad SMARTS) is 1. The van der Waals surface area contributed by atoms with Gasteiger partial charge in [-0.15, -0.1) is 0 Å². The van der Waals surface area contributed by atoms with Crippen LogP contribution in [0.5, 0.6) is 0 Å². The zero-order valence-electron chi connectivity index (χ0n) is 14.9. The van der Waals surface area contributed by atoms with E-state index in [2.05, 4.69) is 34.2 Å². The van der Waals surface area contributed by atoms with Crippen molar-refractivity contribution in [2.45, 2.75) is 4.90 Å². The molecule has 2 aromatic carbocycles. The molecule has 0 fully saturated rings. The molecule has 0 saturated carbocycles. The lowest BCUT2D eigenvalue weighted by Gasteiger charge is -2.05. The molecular formula is C19H18N2O7S. The first kappa shape index (κ1) is 23.6. The van der Waals surface area contributed by atoms with E-state index in [0.717, 1.165) is 35.3 Å². The molecule has 0 aliphatic carbocycles. The van der Waals surface area contributed by atoms with Crippen LogP contribution in [0.2, 0.25) is 0 Å². The Bertz CT molecular complexity index is 1170. The Morgan fingerprint density at radius 3 is 2.17 bits per heavy atom. The number of aromatic amines is 1. The lowest BCUT2D eigenvalue weighted by atomic mass is 10.1. The van der Waals surface area contributed by atoms with Gasteiger partial charge >= 0.3 is 5.97 Å². The number of nitrogens with one attached hydrogen (secondary N) is 1. The number of aromatic nitrogens is 2. The van der Waals surface area contributed by atoms with Crippen LogP contribution in [0.15, 0.2) is 78.0 Å². The van der Waals surface area contributed by atoms with Crippen molar-refractivity contribution < 1.29 is 38.8 Å². The van der Waals surface area contributed by atoms with Crippen LogP contribution in [-0.4, -0.2) is 40.0 Å². The summed E-state index contributed by atoms with van der Waals surface area (Å²) < 4.78 is 31.2. The van der Waals surface area contributed by atoms with Gasteiger partial charge in [0.15, 0.2) is 6.20 Å². The number of pyridine rings is 2. The molecule has 29 heavy (non-hydrogen) atoms. The summed E-state index contributed by atoms with van der Waals surface area (Å²) in [6.07, 6.45) is 3.75. The van der Waals surface area contributed by atoms with Crippen molar-refractivity contribution in [3.05, 3.63) is 78.6 Å². The van der Waals surface area contributed by atoms with E-state index in [1.165, 1.54) is 10.8 Å². The normalized spacial score (nSPS) is 10.2. The van der Waals surface area contributed by atoms with Crippen LogP contribution < -0.4 is 4.98 Å². The second-order valence-corrected chi connectivity index (χ2v) is 6.94. The van der Waals surface area contributed by atoms with Crippen LogP contribution in [-0.2, 0) is 10.1 Å². The van der Waals surface area contributed by atoms with E-state index < -0.39 is 21.0 Å². The molecule has 0 saturated heterocycles. The molecular weight excluding hydrogens is 400 g/mol. The Morgan fingerprint density at radius 2 is 1.55 bits per heavy atom. The Hall–Kier alpha value is -3.44. The van der Waals surface area contributed by atoms with Gasteiger partial charge in [-0.05, 0) is 42.5 Å². The zero-order valence-corrected chi connectivity index (χ0v) is 15.7. The summed E-state index contributed by atoms with van der Waals surface area (Å²) in [5.41, 5.74) is 2.07. The van der Waals surface area contributed by atoms with Crippen molar-refractivity contribution in [3.63, 3.8) is 0 Å². The smallest absolute Gasteiger partial charge is 0.335 e. The van der Waals surface area contributed by atoms with Crippen LogP contribution in [0.4, 0.5) is 0 Å². The highest BCUT2D eigenvalue weighted by Gasteiger charge is 2.05. The number of benzene rings is 2. The summed E-state index contributed by atoms with van der Waals surface area (Å²) in [5.74, 6) is -1.17. The summed E-state index contributed by atoms with van der Waals surface area (Å²) in [5, 5.41) is 10.8. The minimum absolute atomic E-state index is 0. The number of fused-ring (bicyclic) bond motifs is 3. The number of hydrogen-bond acceptors (Lipinski definition) is 5. The van der Waals surface area contributed by atoms with Gasteiger partial charge in [0.05, 0.1) is 10.5 Å². The zero-order chi connectivity index (χ0) is 19.4. The summed E-state index contributed by atoms with van der Waals surface area (Å²) >= 11 is 0. The second kappa shape index (κ2) is 9.66. The number of nitrogens with zero attached hydrogens (tertiary/aromatic N) is 1. The number of carboxylic acids is 1. The molecule has 0 aliphatic heterocycles. The molecule has 0 atom stereocenters. The average molecular weight is 418 g/mol. The number of aromatic carboxylic acids is 1. The summed E-state index contributed by atoms with van der Waals surface area (Å²) in [7, 11) is -4.49. The van der Waals surface area contributed by atoms with Crippen LogP contribution in [0.1, 0.15) is 10.4 Å². The molecule has 0 aliphatic rings. The monoisotopic (exact) mass is 418 g/mol. The third-order valence-electron chi connectivity index (χ3n) is 3.80. The SMILES string of the molecule is O.O.O=C(O)c1ccc(S(=O)(=O)[O-])cc1.c1cnc2c(c1)ccc1ccc[nH+]c12. The van der Waals surface area contributed by atoms with Gasteiger partial charge in [-0.1, -0.05) is 12.1 Å². The van der Waals surface area contributed by atoms with Crippen LogP contribution >= 0.6 is 0 Å². The standard InChI is InChI=1S/C12H8N2.C7H6O5S.2H2O/c1-3-9-5-6-10-4-2-8-14-12(10)11(9)13-7-1;8-7(9)5-1-3-6(4-2-5)13(10,11)12;;/h1-8H;1-4H,(H,8,9)(H,10,11,12);2*1H2. The molecule has 6 N–H and O–H groups in total. The fourth-order valence-corrected chi connectivity index (χ4v) is 2.97. The van der Waals surface area contributed by atoms with Gasteiger partial charge in [-0.3, -0.25) is 0 Å². The largest absolute Gasteiger partial charge is 0.744 e. The molecule has 0 radical (unpaired) electrons. The molecule has 2 aromatic heterocycles. The Kier molecular flexibility index (Phi) is 7.86. The summed E-state index contributed by atoms with van der Waals surface area (Å²) in [6.45, 7) is 0. The average Bonchev–Trinajstić information content (AvgIpc) is 2.68. The molecule has 0 spiro atoms. The van der Waals surface area contributed by atoms with Gasteiger partial charge in [-0.2, -0.15) is 0 Å². The van der Waals surface area contributed by atoms with Gasteiger partial charge in [0.1, 0.15) is 15.6 Å². The minimum atomic E-state index is -4.49. The first-order chi connectivity index (χ1) is 12.9. The molecule has 0 amide bonds. The lowest BCUT2D eigenvalue weighted by Crippen LogP contribution is -2.02. The van der Waals surface area contributed by atoms with Gasteiger partial charge in [0.2, 0.25) is 5.52 Å². The van der Waals surface area contributed by atoms with E-state index in [1.54, 1.807) is 0 Å². The van der Waals surface area contributed by atoms with Crippen molar-refractivity contribution in [1.82, 2.24) is 4.98 Å². The lowest BCUT2D eigenvalue weighted by molar-refractivity contribution is -0.343. The van der Waals surface area contributed by atoms with Crippen molar-refractivity contribution >= 4 is 37.9 Å². The van der Waals surface area contributed by atoms with Gasteiger partial charge in [-0.25, -0.2) is 23.2 Å². The quantitative estimate of drug-likeness (QED) is 0.371. The van der Waals surface area contributed by atoms with E-state index in [-0.39, 0.29) is 16.5 Å². The van der Waals surface area contributed by atoms with Gasteiger partial charge < -0.3 is 20.6 Å². The maximum atomic E-state index is 10.4. The van der Waals surface area contributed by atoms with E-state index in [9.17, 15) is 17.8 Å². The molecule has 4 aromatic rings. The van der Waals surface area contributed by atoms with Crippen molar-refractivity contribution in [2.24, 2.45) is 0 Å². The molecule has 152 valence electrons. The number of hydrogen-bond donors (Lipinski definition) is 1. The van der Waals surface area contributed by atoms with Crippen molar-refractivity contribution in [2.75, 3.05) is 0 Å². The molecule has 0 unspecified atom stereocenters. The van der Waals surface area contributed by atoms with Gasteiger partial charge in [0.25, 0.3) is 0 Å². The van der Waals surface area contributed by atoms with Gasteiger partial charge in [0, 0.05) is 23.0 Å². The highest BCUT2D eigenvalue weighted by molar-refractivity contribution is 7.85. The molecule has 2 heterocycles.